The molecule has 1 aliphatic carbocycles. The Morgan fingerprint density at radius 2 is 1.68 bits per heavy atom. The zero-order chi connectivity index (χ0) is 20.1. The zero-order valence-electron chi connectivity index (χ0n) is 16.5. The second-order valence-electron chi connectivity index (χ2n) is 8.65. The molecule has 4 heteroatoms. The fourth-order valence-corrected chi connectivity index (χ4v) is 4.87. The van der Waals surface area contributed by atoms with Crippen molar-refractivity contribution in [3.8, 4) is 0 Å². The second-order valence-corrected chi connectivity index (χ2v) is 9.50. The predicted octanol–water partition coefficient (Wildman–Crippen LogP) is 5.92. The maximum absolute atomic E-state index is 13.3. The van der Waals surface area contributed by atoms with Gasteiger partial charge in [0.25, 0.3) is 0 Å². The van der Waals surface area contributed by atoms with E-state index >= 15 is 0 Å². The van der Waals surface area contributed by atoms with Gasteiger partial charge in [-0.2, -0.15) is 0 Å². The van der Waals surface area contributed by atoms with Crippen LogP contribution >= 0.6 is 15.9 Å². The SMILES string of the molecule is Cc1ccc(C2CC(=O)N(c3ccccc3Br)C3=C2C(=O)CC(C)(C)C3)cc1. The standard InChI is InChI=1S/C24H24BrNO2/c1-15-8-10-16(11-9-15)17-12-22(28)26(19-7-5-4-6-18(19)25)20-13-24(2,3)14-21(27)23(17)20/h4-11,17H,12-14H2,1-3H3. The molecule has 1 unspecified atom stereocenters. The minimum Gasteiger partial charge on any atom is -0.294 e. The lowest BCUT2D eigenvalue weighted by Crippen LogP contribution is -2.43. The van der Waals surface area contributed by atoms with E-state index in [-0.39, 0.29) is 23.0 Å². The molecule has 28 heavy (non-hydrogen) atoms. The van der Waals surface area contributed by atoms with Crippen LogP contribution in [-0.2, 0) is 9.59 Å². The predicted molar refractivity (Wildman–Crippen MR) is 115 cm³/mol. The lowest BCUT2D eigenvalue weighted by atomic mass is 9.69. The summed E-state index contributed by atoms with van der Waals surface area (Å²) >= 11 is 3.59. The van der Waals surface area contributed by atoms with Crippen LogP contribution in [0.4, 0.5) is 5.69 Å². The molecule has 0 aromatic heterocycles. The number of ketones is 1. The van der Waals surface area contributed by atoms with Crippen molar-refractivity contribution in [1.29, 1.82) is 0 Å². The van der Waals surface area contributed by atoms with Crippen molar-refractivity contribution in [3.63, 3.8) is 0 Å². The van der Waals surface area contributed by atoms with Gasteiger partial charge in [-0.1, -0.05) is 55.8 Å². The van der Waals surface area contributed by atoms with Crippen LogP contribution in [0.3, 0.4) is 0 Å². The third-order valence-corrected chi connectivity index (χ3v) is 6.39. The Morgan fingerprint density at radius 3 is 2.36 bits per heavy atom. The smallest absolute Gasteiger partial charge is 0.232 e. The van der Waals surface area contributed by atoms with Crippen LogP contribution in [0.2, 0.25) is 0 Å². The molecule has 0 spiro atoms. The molecule has 0 fully saturated rings. The van der Waals surface area contributed by atoms with Crippen molar-refractivity contribution >= 4 is 33.3 Å². The number of hydrogen-bond donors (Lipinski definition) is 0. The van der Waals surface area contributed by atoms with E-state index in [0.29, 0.717) is 19.3 Å². The van der Waals surface area contributed by atoms with Gasteiger partial charge in [0.1, 0.15) is 0 Å². The maximum atomic E-state index is 13.3. The normalized spacial score (nSPS) is 21.7. The average molecular weight is 438 g/mol. The van der Waals surface area contributed by atoms with Crippen LogP contribution < -0.4 is 4.90 Å². The first kappa shape index (κ1) is 19.1. The number of rotatable bonds is 2. The molecule has 1 heterocycles. The Labute approximate surface area is 174 Å². The number of Topliss-reactive ketones (excluding diaryl/α,β-unsaturated/α-hetero) is 1. The van der Waals surface area contributed by atoms with E-state index in [0.717, 1.165) is 27.0 Å². The Bertz CT molecular complexity index is 988. The molecule has 0 saturated heterocycles. The number of aryl methyl sites for hydroxylation is 1. The van der Waals surface area contributed by atoms with E-state index < -0.39 is 0 Å². The quantitative estimate of drug-likeness (QED) is 0.584. The summed E-state index contributed by atoms with van der Waals surface area (Å²) in [6.45, 7) is 6.25. The number of benzene rings is 2. The van der Waals surface area contributed by atoms with E-state index in [1.165, 1.54) is 5.56 Å². The summed E-state index contributed by atoms with van der Waals surface area (Å²) in [6.07, 6.45) is 1.55. The first-order chi connectivity index (χ1) is 13.3. The average Bonchev–Trinajstić information content (AvgIpc) is 2.62. The summed E-state index contributed by atoms with van der Waals surface area (Å²) in [5.74, 6) is 0.0496. The van der Waals surface area contributed by atoms with Crippen molar-refractivity contribution in [2.45, 2.75) is 46.0 Å². The number of carbonyl (C=O) groups is 2. The Hall–Kier alpha value is -2.20. The highest BCUT2D eigenvalue weighted by atomic mass is 79.9. The second kappa shape index (κ2) is 7.00. The minimum absolute atomic E-state index is 0.0433. The van der Waals surface area contributed by atoms with E-state index in [4.69, 9.17) is 0 Å². The van der Waals surface area contributed by atoms with Crippen LogP contribution in [0.5, 0.6) is 0 Å². The molecule has 3 nitrogen and oxygen atoms in total. The van der Waals surface area contributed by atoms with Crippen molar-refractivity contribution < 1.29 is 9.59 Å². The van der Waals surface area contributed by atoms with Crippen molar-refractivity contribution in [1.82, 2.24) is 0 Å². The fraction of sp³-hybridized carbons (Fsp3) is 0.333. The van der Waals surface area contributed by atoms with Crippen LogP contribution in [0, 0.1) is 12.3 Å². The first-order valence-corrected chi connectivity index (χ1v) is 10.5. The summed E-state index contributed by atoms with van der Waals surface area (Å²) in [5.41, 5.74) is 4.56. The maximum Gasteiger partial charge on any atom is 0.232 e. The molecular weight excluding hydrogens is 414 g/mol. The Morgan fingerprint density at radius 1 is 1.00 bits per heavy atom. The molecule has 1 amide bonds. The van der Waals surface area contributed by atoms with E-state index in [2.05, 4.69) is 54.0 Å². The Balaban J connectivity index is 1.91. The summed E-state index contributed by atoms with van der Waals surface area (Å²) in [5, 5.41) is 0. The zero-order valence-corrected chi connectivity index (χ0v) is 18.0. The third-order valence-electron chi connectivity index (χ3n) is 5.72. The Kier molecular flexibility index (Phi) is 4.78. The molecule has 4 rings (SSSR count). The van der Waals surface area contributed by atoms with E-state index in [1.54, 1.807) is 4.90 Å². The minimum atomic E-state index is -0.162. The fourth-order valence-electron chi connectivity index (χ4n) is 4.41. The molecule has 144 valence electrons. The number of para-hydroxylation sites is 1. The lowest BCUT2D eigenvalue weighted by Gasteiger charge is -2.43. The number of halogens is 1. The molecule has 0 bridgehead atoms. The number of amides is 1. The molecule has 2 aromatic rings. The van der Waals surface area contributed by atoms with Crippen LogP contribution in [0.15, 0.2) is 64.3 Å². The van der Waals surface area contributed by atoms with Crippen LogP contribution in [0.1, 0.15) is 50.2 Å². The van der Waals surface area contributed by atoms with Gasteiger partial charge in [0.05, 0.1) is 5.69 Å². The summed E-state index contributed by atoms with van der Waals surface area (Å²) in [4.78, 5) is 28.4. The molecule has 0 N–H and O–H groups in total. The molecule has 0 saturated carbocycles. The summed E-state index contributed by atoms with van der Waals surface area (Å²) in [7, 11) is 0. The number of carbonyl (C=O) groups excluding carboxylic acids is 2. The molecule has 0 radical (unpaired) electrons. The van der Waals surface area contributed by atoms with Gasteiger partial charge < -0.3 is 0 Å². The highest BCUT2D eigenvalue weighted by Crippen LogP contribution is 2.48. The summed E-state index contributed by atoms with van der Waals surface area (Å²) < 4.78 is 0.861. The number of nitrogens with zero attached hydrogens (tertiary/aromatic N) is 1. The van der Waals surface area contributed by atoms with Crippen molar-refractivity contribution in [2.75, 3.05) is 4.90 Å². The molecular formula is C24H24BrNO2. The monoisotopic (exact) mass is 437 g/mol. The number of hydrogen-bond acceptors (Lipinski definition) is 2. The van der Waals surface area contributed by atoms with Gasteiger partial charge in [0.15, 0.2) is 5.78 Å². The van der Waals surface area contributed by atoms with Gasteiger partial charge in [-0.3, -0.25) is 14.5 Å². The van der Waals surface area contributed by atoms with Crippen LogP contribution in [0.25, 0.3) is 0 Å². The number of anilines is 1. The lowest BCUT2D eigenvalue weighted by molar-refractivity contribution is -0.121. The van der Waals surface area contributed by atoms with E-state index in [1.807, 2.05) is 31.2 Å². The van der Waals surface area contributed by atoms with Gasteiger partial charge in [-0.25, -0.2) is 0 Å². The highest BCUT2D eigenvalue weighted by molar-refractivity contribution is 9.10. The van der Waals surface area contributed by atoms with Gasteiger partial charge in [-0.05, 0) is 52.4 Å². The molecule has 2 aromatic carbocycles. The first-order valence-electron chi connectivity index (χ1n) is 9.67. The van der Waals surface area contributed by atoms with Gasteiger partial charge in [0, 0.05) is 34.5 Å². The highest BCUT2D eigenvalue weighted by Gasteiger charge is 2.44. The molecule has 1 atom stereocenters. The van der Waals surface area contributed by atoms with Crippen LogP contribution in [-0.4, -0.2) is 11.7 Å². The van der Waals surface area contributed by atoms with E-state index in [9.17, 15) is 9.59 Å². The largest absolute Gasteiger partial charge is 0.294 e. The van der Waals surface area contributed by atoms with Crippen molar-refractivity contribution in [3.05, 3.63) is 75.4 Å². The molecule has 2 aliphatic rings. The molecule has 1 aliphatic heterocycles. The van der Waals surface area contributed by atoms with Gasteiger partial charge in [-0.15, -0.1) is 0 Å². The van der Waals surface area contributed by atoms with Crippen molar-refractivity contribution in [2.24, 2.45) is 5.41 Å². The third kappa shape index (κ3) is 3.35. The van der Waals surface area contributed by atoms with Gasteiger partial charge in [0.2, 0.25) is 5.91 Å². The summed E-state index contributed by atoms with van der Waals surface area (Å²) in [6, 6.07) is 15.9. The number of allylic oxidation sites excluding steroid dienone is 2. The van der Waals surface area contributed by atoms with Gasteiger partial charge >= 0.3 is 0 Å². The topological polar surface area (TPSA) is 37.4 Å².